The first-order chi connectivity index (χ1) is 10.9. The first kappa shape index (κ1) is 16.1. The van der Waals surface area contributed by atoms with Crippen LogP contribution >= 0.6 is 0 Å². The summed E-state index contributed by atoms with van der Waals surface area (Å²) in [6, 6.07) is 0. The maximum Gasteiger partial charge on any atom is 0.211 e. The third-order valence-corrected chi connectivity index (χ3v) is 5.53. The van der Waals surface area contributed by atoms with Gasteiger partial charge in [0, 0.05) is 38.1 Å². The molecule has 1 fully saturated rings. The summed E-state index contributed by atoms with van der Waals surface area (Å²) in [6.07, 6.45) is 11.1. The van der Waals surface area contributed by atoms with Gasteiger partial charge in [-0.25, -0.2) is 17.7 Å². The van der Waals surface area contributed by atoms with Crippen LogP contribution in [0.25, 0.3) is 11.3 Å². The molecular weight excluding hydrogens is 314 g/mol. The van der Waals surface area contributed by atoms with E-state index in [1.807, 2.05) is 13.2 Å². The smallest absolute Gasteiger partial charge is 0.211 e. The quantitative estimate of drug-likeness (QED) is 0.835. The number of nitrogens with zero attached hydrogens (tertiary/aromatic N) is 5. The van der Waals surface area contributed by atoms with Crippen LogP contribution in [0.2, 0.25) is 0 Å². The lowest BCUT2D eigenvalue weighted by Crippen LogP contribution is -2.38. The Morgan fingerprint density at radius 3 is 2.57 bits per heavy atom. The summed E-state index contributed by atoms with van der Waals surface area (Å²) in [5.74, 6) is 0.450. The van der Waals surface area contributed by atoms with Gasteiger partial charge in [-0.05, 0) is 25.2 Å². The highest BCUT2D eigenvalue weighted by molar-refractivity contribution is 7.88. The zero-order chi connectivity index (χ0) is 16.4. The Kier molecular flexibility index (Phi) is 4.45. The zero-order valence-electron chi connectivity index (χ0n) is 13.4. The lowest BCUT2D eigenvalue weighted by molar-refractivity contribution is 0.273. The van der Waals surface area contributed by atoms with Crippen molar-refractivity contribution in [3.05, 3.63) is 30.5 Å². The Labute approximate surface area is 136 Å². The minimum atomic E-state index is -3.07. The van der Waals surface area contributed by atoms with Gasteiger partial charge in [0.15, 0.2) is 0 Å². The SMILES string of the molecule is Cn1cc(-c2cncc(CC3CCN(S(C)(=O)=O)CC3)n2)cn1. The maximum atomic E-state index is 11.6. The van der Waals surface area contributed by atoms with Crippen LogP contribution < -0.4 is 0 Å². The van der Waals surface area contributed by atoms with Gasteiger partial charge in [0.25, 0.3) is 0 Å². The number of hydrogen-bond donors (Lipinski definition) is 0. The number of hydrogen-bond acceptors (Lipinski definition) is 5. The Morgan fingerprint density at radius 2 is 1.96 bits per heavy atom. The third-order valence-electron chi connectivity index (χ3n) is 4.23. The van der Waals surface area contributed by atoms with Gasteiger partial charge in [-0.15, -0.1) is 0 Å². The molecule has 8 heteroatoms. The van der Waals surface area contributed by atoms with Crippen molar-refractivity contribution in [2.45, 2.75) is 19.3 Å². The predicted molar refractivity (Wildman–Crippen MR) is 87.1 cm³/mol. The molecule has 0 spiro atoms. The summed E-state index contributed by atoms with van der Waals surface area (Å²) in [4.78, 5) is 8.95. The van der Waals surface area contributed by atoms with Crippen molar-refractivity contribution < 1.29 is 8.42 Å². The first-order valence-corrected chi connectivity index (χ1v) is 9.52. The fourth-order valence-electron chi connectivity index (χ4n) is 2.94. The van der Waals surface area contributed by atoms with Crippen molar-refractivity contribution in [2.75, 3.05) is 19.3 Å². The lowest BCUT2D eigenvalue weighted by atomic mass is 9.93. The van der Waals surface area contributed by atoms with E-state index in [1.54, 1.807) is 27.6 Å². The molecule has 124 valence electrons. The highest BCUT2D eigenvalue weighted by Crippen LogP contribution is 2.23. The summed E-state index contributed by atoms with van der Waals surface area (Å²) in [5.41, 5.74) is 2.72. The molecule has 7 nitrogen and oxygen atoms in total. The molecule has 23 heavy (non-hydrogen) atoms. The van der Waals surface area contributed by atoms with Crippen molar-refractivity contribution in [1.29, 1.82) is 0 Å². The van der Waals surface area contributed by atoms with Crippen LogP contribution in [-0.4, -0.2) is 51.8 Å². The van der Waals surface area contributed by atoms with Gasteiger partial charge in [0.2, 0.25) is 10.0 Å². The van der Waals surface area contributed by atoms with Gasteiger partial charge >= 0.3 is 0 Å². The van der Waals surface area contributed by atoms with Gasteiger partial charge in [-0.2, -0.15) is 5.10 Å². The molecule has 0 amide bonds. The van der Waals surface area contributed by atoms with Crippen molar-refractivity contribution in [3.8, 4) is 11.3 Å². The van der Waals surface area contributed by atoms with E-state index in [9.17, 15) is 8.42 Å². The maximum absolute atomic E-state index is 11.6. The highest BCUT2D eigenvalue weighted by atomic mass is 32.2. The van der Waals surface area contributed by atoms with Crippen LogP contribution in [-0.2, 0) is 23.5 Å². The van der Waals surface area contributed by atoms with E-state index < -0.39 is 10.0 Å². The zero-order valence-corrected chi connectivity index (χ0v) is 14.2. The number of sulfonamides is 1. The molecule has 3 heterocycles. The summed E-state index contributed by atoms with van der Waals surface area (Å²) < 4.78 is 26.4. The molecule has 3 rings (SSSR count). The van der Waals surface area contributed by atoms with E-state index in [-0.39, 0.29) is 0 Å². The van der Waals surface area contributed by atoms with Crippen LogP contribution in [0, 0.1) is 5.92 Å². The summed E-state index contributed by atoms with van der Waals surface area (Å²) in [7, 11) is -1.20. The van der Waals surface area contributed by atoms with E-state index >= 15 is 0 Å². The Balaban J connectivity index is 1.65. The second-order valence-corrected chi connectivity index (χ2v) is 8.09. The molecule has 0 N–H and O–H groups in total. The Morgan fingerprint density at radius 1 is 1.22 bits per heavy atom. The third kappa shape index (κ3) is 3.94. The van der Waals surface area contributed by atoms with Crippen LogP contribution in [0.3, 0.4) is 0 Å². The molecule has 1 saturated heterocycles. The van der Waals surface area contributed by atoms with Crippen molar-refractivity contribution >= 4 is 10.0 Å². The molecule has 1 aliphatic heterocycles. The average molecular weight is 335 g/mol. The highest BCUT2D eigenvalue weighted by Gasteiger charge is 2.25. The molecule has 0 atom stereocenters. The minimum absolute atomic E-state index is 0.450. The standard InChI is InChI=1S/C15H21N5O2S/c1-19-11-13(8-17-19)15-10-16-9-14(18-15)7-12-3-5-20(6-4-12)23(2,21)22/h8-12H,3-7H2,1-2H3. The number of aromatic nitrogens is 4. The number of rotatable bonds is 4. The van der Waals surface area contributed by atoms with Gasteiger partial charge in [0.05, 0.1) is 30.0 Å². The number of piperidine rings is 1. The average Bonchev–Trinajstić information content (AvgIpc) is 2.94. The van der Waals surface area contributed by atoms with Crippen LogP contribution in [0.4, 0.5) is 0 Å². The molecule has 0 unspecified atom stereocenters. The van der Waals surface area contributed by atoms with E-state index in [2.05, 4.69) is 15.1 Å². The summed E-state index contributed by atoms with van der Waals surface area (Å²) in [5, 5.41) is 4.16. The fraction of sp³-hybridized carbons (Fsp3) is 0.533. The van der Waals surface area contributed by atoms with Crippen LogP contribution in [0.1, 0.15) is 18.5 Å². The topological polar surface area (TPSA) is 81.0 Å². The molecule has 1 aliphatic rings. The molecule has 0 saturated carbocycles. The molecule has 0 aromatic carbocycles. The fourth-order valence-corrected chi connectivity index (χ4v) is 3.81. The van der Waals surface area contributed by atoms with E-state index in [1.165, 1.54) is 6.26 Å². The lowest BCUT2D eigenvalue weighted by Gasteiger charge is -2.29. The van der Waals surface area contributed by atoms with Gasteiger partial charge in [-0.3, -0.25) is 9.67 Å². The Bertz CT molecular complexity index is 779. The largest absolute Gasteiger partial charge is 0.275 e. The second kappa shape index (κ2) is 6.37. The van der Waals surface area contributed by atoms with E-state index in [4.69, 9.17) is 0 Å². The molecule has 2 aromatic heterocycles. The van der Waals surface area contributed by atoms with Gasteiger partial charge in [0.1, 0.15) is 0 Å². The molecule has 0 aliphatic carbocycles. The predicted octanol–water partition coefficient (Wildman–Crippen LogP) is 1.09. The van der Waals surface area contributed by atoms with Crippen molar-refractivity contribution in [2.24, 2.45) is 13.0 Å². The molecule has 0 radical (unpaired) electrons. The van der Waals surface area contributed by atoms with Crippen molar-refractivity contribution in [1.82, 2.24) is 24.1 Å². The molecular formula is C15H21N5O2S. The Hall–Kier alpha value is -1.80. The normalized spacial score (nSPS) is 17.5. The molecule has 0 bridgehead atoms. The van der Waals surface area contributed by atoms with Crippen LogP contribution in [0.15, 0.2) is 24.8 Å². The van der Waals surface area contributed by atoms with E-state index in [0.717, 1.165) is 36.2 Å². The minimum Gasteiger partial charge on any atom is -0.275 e. The summed E-state index contributed by atoms with van der Waals surface area (Å²) >= 11 is 0. The first-order valence-electron chi connectivity index (χ1n) is 7.67. The van der Waals surface area contributed by atoms with Gasteiger partial charge in [-0.1, -0.05) is 0 Å². The van der Waals surface area contributed by atoms with Crippen LogP contribution in [0.5, 0.6) is 0 Å². The van der Waals surface area contributed by atoms with E-state index in [0.29, 0.717) is 19.0 Å². The monoisotopic (exact) mass is 335 g/mol. The number of aryl methyl sites for hydroxylation is 1. The summed E-state index contributed by atoms with van der Waals surface area (Å²) in [6.45, 7) is 1.19. The van der Waals surface area contributed by atoms with Crippen molar-refractivity contribution in [3.63, 3.8) is 0 Å². The molecule has 2 aromatic rings. The van der Waals surface area contributed by atoms with Gasteiger partial charge < -0.3 is 0 Å². The second-order valence-electron chi connectivity index (χ2n) is 6.11.